The summed E-state index contributed by atoms with van der Waals surface area (Å²) in [6.07, 6.45) is 0. The van der Waals surface area contributed by atoms with Crippen molar-refractivity contribution in [2.24, 2.45) is 0 Å². The molecule has 1 N–H and O–H groups in total. The Morgan fingerprint density at radius 3 is 2.00 bits per heavy atom. The summed E-state index contributed by atoms with van der Waals surface area (Å²) < 4.78 is 5.38. The number of anilines is 2. The second-order valence-corrected chi connectivity index (χ2v) is 4.03. The lowest BCUT2D eigenvalue weighted by molar-refractivity contribution is 0.340. The Hall–Kier alpha value is -1.67. The second kappa shape index (κ2) is 5.60. The minimum Gasteiger partial charge on any atom is -0.494 e. The standard InChI is InChI=1S/C14H14ClNO/c1-2-17-14-9-7-13(8-10-14)16-12-5-3-11(15)4-6-12/h3-10,16H,2H2,1H3. The van der Waals surface area contributed by atoms with Crippen LogP contribution in [-0.4, -0.2) is 6.61 Å². The first-order valence-electron chi connectivity index (χ1n) is 5.53. The van der Waals surface area contributed by atoms with Crippen LogP contribution in [0.15, 0.2) is 48.5 Å². The molecule has 0 spiro atoms. The van der Waals surface area contributed by atoms with Crippen molar-refractivity contribution < 1.29 is 4.74 Å². The second-order valence-electron chi connectivity index (χ2n) is 3.59. The third kappa shape index (κ3) is 3.40. The van der Waals surface area contributed by atoms with Gasteiger partial charge in [-0.1, -0.05) is 11.6 Å². The highest BCUT2D eigenvalue weighted by Gasteiger charge is 1.96. The molecule has 0 aliphatic rings. The van der Waals surface area contributed by atoms with Crippen LogP contribution in [0.2, 0.25) is 5.02 Å². The van der Waals surface area contributed by atoms with Crippen molar-refractivity contribution in [3.8, 4) is 5.75 Å². The number of halogens is 1. The molecule has 0 atom stereocenters. The predicted octanol–water partition coefficient (Wildman–Crippen LogP) is 4.48. The quantitative estimate of drug-likeness (QED) is 0.860. The fraction of sp³-hybridized carbons (Fsp3) is 0.143. The zero-order chi connectivity index (χ0) is 12.1. The summed E-state index contributed by atoms with van der Waals surface area (Å²) in [5.74, 6) is 0.883. The molecule has 17 heavy (non-hydrogen) atoms. The summed E-state index contributed by atoms with van der Waals surface area (Å²) in [6.45, 7) is 2.66. The van der Waals surface area contributed by atoms with E-state index >= 15 is 0 Å². The van der Waals surface area contributed by atoms with E-state index in [1.807, 2.05) is 55.5 Å². The Kier molecular flexibility index (Phi) is 3.89. The van der Waals surface area contributed by atoms with Gasteiger partial charge in [-0.3, -0.25) is 0 Å². The van der Waals surface area contributed by atoms with Gasteiger partial charge in [0.2, 0.25) is 0 Å². The monoisotopic (exact) mass is 247 g/mol. The van der Waals surface area contributed by atoms with Gasteiger partial charge in [0.1, 0.15) is 5.75 Å². The van der Waals surface area contributed by atoms with E-state index in [9.17, 15) is 0 Å². The smallest absolute Gasteiger partial charge is 0.119 e. The molecule has 2 rings (SSSR count). The van der Waals surface area contributed by atoms with Gasteiger partial charge in [0.05, 0.1) is 6.61 Å². The third-order valence-corrected chi connectivity index (χ3v) is 2.55. The number of nitrogens with one attached hydrogen (secondary N) is 1. The Morgan fingerprint density at radius 2 is 1.47 bits per heavy atom. The summed E-state index contributed by atoms with van der Waals surface area (Å²) in [4.78, 5) is 0. The maximum absolute atomic E-state index is 5.83. The van der Waals surface area contributed by atoms with Crippen LogP contribution in [0.3, 0.4) is 0 Å². The van der Waals surface area contributed by atoms with E-state index in [1.165, 1.54) is 0 Å². The number of hydrogen-bond acceptors (Lipinski definition) is 2. The van der Waals surface area contributed by atoms with Gasteiger partial charge in [0.15, 0.2) is 0 Å². The molecule has 0 amide bonds. The van der Waals surface area contributed by atoms with E-state index < -0.39 is 0 Å². The molecule has 2 nitrogen and oxygen atoms in total. The topological polar surface area (TPSA) is 21.3 Å². The van der Waals surface area contributed by atoms with Crippen LogP contribution in [0.25, 0.3) is 0 Å². The molecular weight excluding hydrogens is 234 g/mol. The minimum atomic E-state index is 0.684. The molecule has 0 saturated heterocycles. The molecule has 0 saturated carbocycles. The fourth-order valence-electron chi connectivity index (χ4n) is 1.50. The lowest BCUT2D eigenvalue weighted by atomic mass is 10.2. The Labute approximate surface area is 106 Å². The number of hydrogen-bond donors (Lipinski definition) is 1. The van der Waals surface area contributed by atoms with Gasteiger partial charge >= 0.3 is 0 Å². The summed E-state index contributed by atoms with van der Waals surface area (Å²) in [5.41, 5.74) is 2.04. The Balaban J connectivity index is 2.05. The molecule has 0 aromatic heterocycles. The van der Waals surface area contributed by atoms with Crippen molar-refractivity contribution in [3.05, 3.63) is 53.6 Å². The SMILES string of the molecule is CCOc1ccc(Nc2ccc(Cl)cc2)cc1. The van der Waals surface area contributed by atoms with Crippen LogP contribution < -0.4 is 10.1 Å². The molecule has 2 aromatic rings. The maximum Gasteiger partial charge on any atom is 0.119 e. The van der Waals surface area contributed by atoms with Gasteiger partial charge in [0.25, 0.3) is 0 Å². The molecule has 0 unspecified atom stereocenters. The number of rotatable bonds is 4. The molecule has 0 fully saturated rings. The zero-order valence-corrected chi connectivity index (χ0v) is 10.4. The van der Waals surface area contributed by atoms with Gasteiger partial charge in [-0.05, 0) is 55.5 Å². The average molecular weight is 248 g/mol. The largest absolute Gasteiger partial charge is 0.494 e. The van der Waals surface area contributed by atoms with Gasteiger partial charge in [-0.15, -0.1) is 0 Å². The van der Waals surface area contributed by atoms with Crippen LogP contribution in [0, 0.1) is 0 Å². The summed E-state index contributed by atoms with van der Waals surface area (Å²) in [7, 11) is 0. The molecule has 0 aliphatic carbocycles. The minimum absolute atomic E-state index is 0.684. The fourth-order valence-corrected chi connectivity index (χ4v) is 1.63. The summed E-state index contributed by atoms with van der Waals surface area (Å²) in [5, 5.41) is 4.02. The van der Waals surface area contributed by atoms with E-state index in [0.29, 0.717) is 6.61 Å². The molecule has 0 heterocycles. The van der Waals surface area contributed by atoms with Crippen LogP contribution >= 0.6 is 11.6 Å². The van der Waals surface area contributed by atoms with Crippen LogP contribution in [0.5, 0.6) is 5.75 Å². The van der Waals surface area contributed by atoms with Crippen molar-refractivity contribution in [1.29, 1.82) is 0 Å². The van der Waals surface area contributed by atoms with Crippen molar-refractivity contribution in [3.63, 3.8) is 0 Å². The maximum atomic E-state index is 5.83. The first-order chi connectivity index (χ1) is 8.28. The third-order valence-electron chi connectivity index (χ3n) is 2.30. The molecule has 0 radical (unpaired) electrons. The van der Waals surface area contributed by atoms with Gasteiger partial charge in [0, 0.05) is 16.4 Å². The predicted molar refractivity (Wildman–Crippen MR) is 72.3 cm³/mol. The van der Waals surface area contributed by atoms with Crippen LogP contribution in [-0.2, 0) is 0 Å². The van der Waals surface area contributed by atoms with E-state index in [1.54, 1.807) is 0 Å². The van der Waals surface area contributed by atoms with Crippen molar-refractivity contribution in [1.82, 2.24) is 0 Å². The number of ether oxygens (including phenoxy) is 1. The van der Waals surface area contributed by atoms with Crippen LogP contribution in [0.1, 0.15) is 6.92 Å². The van der Waals surface area contributed by atoms with Crippen molar-refractivity contribution >= 4 is 23.0 Å². The molecule has 88 valence electrons. The van der Waals surface area contributed by atoms with Gasteiger partial charge in [-0.2, -0.15) is 0 Å². The van der Waals surface area contributed by atoms with E-state index in [2.05, 4.69) is 5.32 Å². The normalized spacial score (nSPS) is 10.0. The van der Waals surface area contributed by atoms with Gasteiger partial charge < -0.3 is 10.1 Å². The van der Waals surface area contributed by atoms with E-state index in [-0.39, 0.29) is 0 Å². The van der Waals surface area contributed by atoms with Crippen molar-refractivity contribution in [2.75, 3.05) is 11.9 Å². The first-order valence-corrected chi connectivity index (χ1v) is 5.91. The molecular formula is C14H14ClNO. The molecule has 3 heteroatoms. The first kappa shape index (κ1) is 11.8. The van der Waals surface area contributed by atoms with Gasteiger partial charge in [-0.25, -0.2) is 0 Å². The molecule has 2 aromatic carbocycles. The molecule has 0 aliphatic heterocycles. The number of benzene rings is 2. The van der Waals surface area contributed by atoms with E-state index in [0.717, 1.165) is 22.1 Å². The molecule has 0 bridgehead atoms. The Bertz CT molecular complexity index is 465. The lowest BCUT2D eigenvalue weighted by Gasteiger charge is -2.08. The van der Waals surface area contributed by atoms with E-state index in [4.69, 9.17) is 16.3 Å². The Morgan fingerprint density at radius 1 is 0.941 bits per heavy atom. The highest BCUT2D eigenvalue weighted by atomic mass is 35.5. The lowest BCUT2D eigenvalue weighted by Crippen LogP contribution is -1.92. The summed E-state index contributed by atoms with van der Waals surface area (Å²) >= 11 is 5.83. The average Bonchev–Trinajstić information content (AvgIpc) is 2.35. The zero-order valence-electron chi connectivity index (χ0n) is 9.61. The van der Waals surface area contributed by atoms with Crippen LogP contribution in [0.4, 0.5) is 11.4 Å². The summed E-state index contributed by atoms with van der Waals surface area (Å²) in [6, 6.07) is 15.5. The van der Waals surface area contributed by atoms with Crippen molar-refractivity contribution in [2.45, 2.75) is 6.92 Å². The highest BCUT2D eigenvalue weighted by Crippen LogP contribution is 2.21. The highest BCUT2D eigenvalue weighted by molar-refractivity contribution is 6.30.